The van der Waals surface area contributed by atoms with Crippen molar-refractivity contribution in [3.8, 4) is 0 Å². The summed E-state index contributed by atoms with van der Waals surface area (Å²) in [6, 6.07) is 15.1. The summed E-state index contributed by atoms with van der Waals surface area (Å²) in [6.07, 6.45) is 2.70. The number of carbonyl (C=O) groups is 1. The first-order valence-corrected chi connectivity index (χ1v) is 7.57. The van der Waals surface area contributed by atoms with Crippen LogP contribution < -0.4 is 5.32 Å². The molecule has 2 N–H and O–H groups in total. The Morgan fingerprint density at radius 2 is 1.91 bits per heavy atom. The van der Waals surface area contributed by atoms with Crippen molar-refractivity contribution in [2.45, 2.75) is 38.3 Å². The Labute approximate surface area is 131 Å². The SMILES string of the molecule is CC(CC(O)c1ccccc1)NC(=O)CCc1ccccn1. The molecular formula is C18H22N2O2. The van der Waals surface area contributed by atoms with E-state index in [0.717, 1.165) is 11.3 Å². The number of amides is 1. The number of aliphatic hydroxyl groups is 1. The summed E-state index contributed by atoms with van der Waals surface area (Å²) >= 11 is 0. The average Bonchev–Trinajstić information content (AvgIpc) is 2.54. The molecule has 0 aliphatic rings. The van der Waals surface area contributed by atoms with Gasteiger partial charge in [0.2, 0.25) is 5.91 Å². The Kier molecular flexibility index (Phi) is 6.10. The van der Waals surface area contributed by atoms with Crippen molar-refractivity contribution in [2.75, 3.05) is 0 Å². The van der Waals surface area contributed by atoms with Crippen LogP contribution in [0.15, 0.2) is 54.7 Å². The van der Waals surface area contributed by atoms with E-state index in [1.165, 1.54) is 0 Å². The molecule has 0 aliphatic carbocycles. The largest absolute Gasteiger partial charge is 0.388 e. The van der Waals surface area contributed by atoms with E-state index >= 15 is 0 Å². The third kappa shape index (κ3) is 5.30. The highest BCUT2D eigenvalue weighted by Gasteiger charge is 2.14. The summed E-state index contributed by atoms with van der Waals surface area (Å²) < 4.78 is 0. The fourth-order valence-electron chi connectivity index (χ4n) is 2.34. The summed E-state index contributed by atoms with van der Waals surface area (Å²) in [5, 5.41) is 13.1. The van der Waals surface area contributed by atoms with Crippen LogP contribution >= 0.6 is 0 Å². The predicted octanol–water partition coefficient (Wildman–Crippen LogP) is 2.64. The van der Waals surface area contributed by atoms with Crippen molar-refractivity contribution >= 4 is 5.91 Å². The molecule has 4 nitrogen and oxygen atoms in total. The van der Waals surface area contributed by atoms with E-state index < -0.39 is 6.10 Å². The number of nitrogens with one attached hydrogen (secondary N) is 1. The zero-order valence-corrected chi connectivity index (χ0v) is 12.8. The molecule has 0 spiro atoms. The van der Waals surface area contributed by atoms with E-state index in [4.69, 9.17) is 0 Å². The fraction of sp³-hybridized carbons (Fsp3) is 0.333. The molecule has 2 atom stereocenters. The molecule has 2 rings (SSSR count). The number of benzene rings is 1. The number of nitrogens with zero attached hydrogens (tertiary/aromatic N) is 1. The highest BCUT2D eigenvalue weighted by Crippen LogP contribution is 2.17. The van der Waals surface area contributed by atoms with Gasteiger partial charge in [-0.05, 0) is 37.5 Å². The molecule has 1 aromatic carbocycles. The van der Waals surface area contributed by atoms with Gasteiger partial charge in [-0.15, -0.1) is 0 Å². The van der Waals surface area contributed by atoms with E-state index in [0.29, 0.717) is 19.3 Å². The Morgan fingerprint density at radius 3 is 2.59 bits per heavy atom. The van der Waals surface area contributed by atoms with Crippen molar-refractivity contribution in [3.05, 3.63) is 66.0 Å². The van der Waals surface area contributed by atoms with Crippen LogP contribution in [0.4, 0.5) is 0 Å². The van der Waals surface area contributed by atoms with Crippen LogP contribution in [0, 0.1) is 0 Å². The maximum atomic E-state index is 11.9. The summed E-state index contributed by atoms with van der Waals surface area (Å²) in [6.45, 7) is 1.91. The Morgan fingerprint density at radius 1 is 1.18 bits per heavy atom. The van der Waals surface area contributed by atoms with Gasteiger partial charge in [-0.25, -0.2) is 0 Å². The first kappa shape index (κ1) is 16.2. The number of hydrogen-bond donors (Lipinski definition) is 2. The van der Waals surface area contributed by atoms with E-state index in [2.05, 4.69) is 10.3 Å². The Hall–Kier alpha value is -2.20. The third-order valence-electron chi connectivity index (χ3n) is 3.50. The summed E-state index contributed by atoms with van der Waals surface area (Å²) in [5.74, 6) is -0.0154. The van der Waals surface area contributed by atoms with Gasteiger partial charge in [0.25, 0.3) is 0 Å². The van der Waals surface area contributed by atoms with Gasteiger partial charge in [0.05, 0.1) is 6.10 Å². The molecule has 0 aliphatic heterocycles. The van der Waals surface area contributed by atoms with Crippen LogP contribution in [0.3, 0.4) is 0 Å². The molecule has 0 fully saturated rings. The smallest absolute Gasteiger partial charge is 0.220 e. The quantitative estimate of drug-likeness (QED) is 0.826. The Balaban J connectivity index is 1.74. The highest BCUT2D eigenvalue weighted by molar-refractivity contribution is 5.76. The third-order valence-corrected chi connectivity index (χ3v) is 3.50. The Bertz CT molecular complexity index is 572. The number of aryl methyl sites for hydroxylation is 1. The van der Waals surface area contributed by atoms with Gasteiger partial charge in [0.15, 0.2) is 0 Å². The molecule has 116 valence electrons. The van der Waals surface area contributed by atoms with E-state index in [1.807, 2.05) is 55.5 Å². The minimum Gasteiger partial charge on any atom is -0.388 e. The molecule has 1 heterocycles. The minimum absolute atomic E-state index is 0.0154. The number of aliphatic hydroxyl groups excluding tert-OH is 1. The van der Waals surface area contributed by atoms with E-state index in [1.54, 1.807) is 6.20 Å². The maximum Gasteiger partial charge on any atom is 0.220 e. The molecule has 2 aromatic rings. The first-order valence-electron chi connectivity index (χ1n) is 7.57. The molecule has 1 aromatic heterocycles. The summed E-state index contributed by atoms with van der Waals surface area (Å²) in [7, 11) is 0. The lowest BCUT2D eigenvalue weighted by Crippen LogP contribution is -2.33. The van der Waals surface area contributed by atoms with Crippen molar-refractivity contribution in [2.24, 2.45) is 0 Å². The lowest BCUT2D eigenvalue weighted by Gasteiger charge is -2.18. The lowest BCUT2D eigenvalue weighted by molar-refractivity contribution is -0.121. The number of hydrogen-bond acceptors (Lipinski definition) is 3. The van der Waals surface area contributed by atoms with Crippen molar-refractivity contribution in [1.29, 1.82) is 0 Å². The van der Waals surface area contributed by atoms with Crippen molar-refractivity contribution in [1.82, 2.24) is 10.3 Å². The predicted molar refractivity (Wildman–Crippen MR) is 86.2 cm³/mol. The molecule has 22 heavy (non-hydrogen) atoms. The van der Waals surface area contributed by atoms with Crippen LogP contribution in [0.2, 0.25) is 0 Å². The standard InChI is InChI=1S/C18H22N2O2/c1-14(13-17(21)15-7-3-2-4-8-15)20-18(22)11-10-16-9-5-6-12-19-16/h2-9,12,14,17,21H,10-11,13H2,1H3,(H,20,22). The van der Waals surface area contributed by atoms with Crippen LogP contribution in [-0.4, -0.2) is 22.0 Å². The number of aromatic nitrogens is 1. The van der Waals surface area contributed by atoms with Crippen molar-refractivity contribution in [3.63, 3.8) is 0 Å². The van der Waals surface area contributed by atoms with Crippen LogP contribution in [0.5, 0.6) is 0 Å². The summed E-state index contributed by atoms with van der Waals surface area (Å²) in [4.78, 5) is 16.1. The van der Waals surface area contributed by atoms with Crippen LogP contribution in [0.1, 0.15) is 37.1 Å². The second-order valence-corrected chi connectivity index (χ2v) is 5.45. The van der Waals surface area contributed by atoms with Gasteiger partial charge in [0.1, 0.15) is 0 Å². The van der Waals surface area contributed by atoms with Gasteiger partial charge >= 0.3 is 0 Å². The molecule has 2 unspecified atom stereocenters. The van der Waals surface area contributed by atoms with Crippen molar-refractivity contribution < 1.29 is 9.90 Å². The molecule has 0 radical (unpaired) electrons. The lowest BCUT2D eigenvalue weighted by atomic mass is 10.0. The molecule has 0 bridgehead atoms. The number of carbonyl (C=O) groups excluding carboxylic acids is 1. The molecule has 1 amide bonds. The molecule has 0 saturated carbocycles. The summed E-state index contributed by atoms with van der Waals surface area (Å²) in [5.41, 5.74) is 1.78. The van der Waals surface area contributed by atoms with Gasteiger partial charge in [-0.1, -0.05) is 36.4 Å². The monoisotopic (exact) mass is 298 g/mol. The van der Waals surface area contributed by atoms with Gasteiger partial charge < -0.3 is 10.4 Å². The van der Waals surface area contributed by atoms with Crippen LogP contribution in [0.25, 0.3) is 0 Å². The van der Waals surface area contributed by atoms with Gasteiger partial charge in [0, 0.05) is 24.4 Å². The van der Waals surface area contributed by atoms with Gasteiger partial charge in [-0.3, -0.25) is 9.78 Å². The zero-order valence-electron chi connectivity index (χ0n) is 12.8. The first-order chi connectivity index (χ1) is 10.6. The molecule has 0 saturated heterocycles. The topological polar surface area (TPSA) is 62.2 Å². The normalized spacial score (nSPS) is 13.4. The second-order valence-electron chi connectivity index (χ2n) is 5.45. The fourth-order valence-corrected chi connectivity index (χ4v) is 2.34. The highest BCUT2D eigenvalue weighted by atomic mass is 16.3. The minimum atomic E-state index is -0.563. The second kappa shape index (κ2) is 8.29. The molecular weight excluding hydrogens is 276 g/mol. The molecule has 4 heteroatoms. The zero-order chi connectivity index (χ0) is 15.8. The maximum absolute atomic E-state index is 11.9. The average molecular weight is 298 g/mol. The van der Waals surface area contributed by atoms with E-state index in [9.17, 15) is 9.90 Å². The van der Waals surface area contributed by atoms with E-state index in [-0.39, 0.29) is 11.9 Å². The number of pyridine rings is 1. The van der Waals surface area contributed by atoms with Crippen LogP contribution in [-0.2, 0) is 11.2 Å². The van der Waals surface area contributed by atoms with Gasteiger partial charge in [-0.2, -0.15) is 0 Å². The number of rotatable bonds is 7.